The zero-order valence-corrected chi connectivity index (χ0v) is 15.1. The molecule has 1 fully saturated rings. The number of sulfonamides is 1. The number of hydrogen-bond acceptors (Lipinski definition) is 4. The van der Waals surface area contributed by atoms with Gasteiger partial charge < -0.3 is 4.90 Å². The van der Waals surface area contributed by atoms with E-state index in [1.165, 1.54) is 0 Å². The molecule has 5 nitrogen and oxygen atoms in total. The standard InChI is InChI=1S/C18H23N3O2S/c1-13-10-15(3)17(11-14(13)2)24(22,23)20-16-7-9-21(12-16)18-6-4-5-8-19-18/h4-6,8,10-11,16,20H,7,9,12H2,1-3H3. The summed E-state index contributed by atoms with van der Waals surface area (Å²) >= 11 is 0. The minimum Gasteiger partial charge on any atom is -0.355 e. The van der Waals surface area contributed by atoms with Gasteiger partial charge >= 0.3 is 0 Å². The molecule has 1 saturated heterocycles. The summed E-state index contributed by atoms with van der Waals surface area (Å²) in [6.45, 7) is 7.21. The first kappa shape index (κ1) is 16.9. The Morgan fingerprint density at radius 3 is 2.58 bits per heavy atom. The molecule has 1 atom stereocenters. The fourth-order valence-corrected chi connectivity index (χ4v) is 4.68. The molecule has 2 heterocycles. The van der Waals surface area contributed by atoms with Crippen LogP contribution in [0.2, 0.25) is 0 Å². The molecule has 0 spiro atoms. The molecule has 1 aliphatic heterocycles. The fraction of sp³-hybridized carbons (Fsp3) is 0.389. The zero-order valence-electron chi connectivity index (χ0n) is 14.3. The van der Waals surface area contributed by atoms with Crippen LogP contribution in [0.4, 0.5) is 5.82 Å². The van der Waals surface area contributed by atoms with Crippen LogP contribution in [0.1, 0.15) is 23.1 Å². The first-order valence-electron chi connectivity index (χ1n) is 8.13. The average molecular weight is 345 g/mol. The molecule has 3 rings (SSSR count). The summed E-state index contributed by atoms with van der Waals surface area (Å²) in [5.41, 5.74) is 2.88. The second-order valence-corrected chi connectivity index (χ2v) is 8.13. The summed E-state index contributed by atoms with van der Waals surface area (Å²) in [7, 11) is -3.52. The van der Waals surface area contributed by atoms with E-state index in [-0.39, 0.29) is 6.04 Å². The Kier molecular flexibility index (Phi) is 4.60. The van der Waals surface area contributed by atoms with Gasteiger partial charge in [0.05, 0.1) is 4.90 Å². The van der Waals surface area contributed by atoms with Crippen LogP contribution in [-0.2, 0) is 10.0 Å². The molecule has 6 heteroatoms. The van der Waals surface area contributed by atoms with Crippen LogP contribution in [0.3, 0.4) is 0 Å². The molecule has 128 valence electrons. The van der Waals surface area contributed by atoms with Crippen molar-refractivity contribution in [3.63, 3.8) is 0 Å². The molecular weight excluding hydrogens is 322 g/mol. The summed E-state index contributed by atoms with van der Waals surface area (Å²) in [5, 5.41) is 0. The predicted molar refractivity (Wildman–Crippen MR) is 95.8 cm³/mol. The lowest BCUT2D eigenvalue weighted by molar-refractivity contribution is 0.560. The maximum Gasteiger partial charge on any atom is 0.241 e. The van der Waals surface area contributed by atoms with Gasteiger partial charge in [0.2, 0.25) is 10.0 Å². The Bertz CT molecular complexity index is 835. The van der Waals surface area contributed by atoms with Gasteiger partial charge in [0.25, 0.3) is 0 Å². The SMILES string of the molecule is Cc1cc(C)c(S(=O)(=O)NC2CCN(c3ccccn3)C2)cc1C. The molecule has 1 aliphatic rings. The average Bonchev–Trinajstić information content (AvgIpc) is 2.99. The minimum atomic E-state index is -3.52. The number of aromatic nitrogens is 1. The highest BCUT2D eigenvalue weighted by molar-refractivity contribution is 7.89. The van der Waals surface area contributed by atoms with E-state index in [2.05, 4.69) is 14.6 Å². The Morgan fingerprint density at radius 2 is 1.88 bits per heavy atom. The van der Waals surface area contributed by atoms with Crippen molar-refractivity contribution >= 4 is 15.8 Å². The smallest absolute Gasteiger partial charge is 0.241 e. The van der Waals surface area contributed by atoms with Crippen molar-refractivity contribution in [1.82, 2.24) is 9.71 Å². The second kappa shape index (κ2) is 6.53. The number of benzene rings is 1. The van der Waals surface area contributed by atoms with Crippen molar-refractivity contribution in [2.24, 2.45) is 0 Å². The van der Waals surface area contributed by atoms with Crippen LogP contribution in [0.15, 0.2) is 41.4 Å². The molecule has 0 saturated carbocycles. The third-order valence-corrected chi connectivity index (χ3v) is 6.23. The predicted octanol–water partition coefficient (Wildman–Crippen LogP) is 2.56. The lowest BCUT2D eigenvalue weighted by Gasteiger charge is -2.18. The van der Waals surface area contributed by atoms with Gasteiger partial charge in [-0.1, -0.05) is 12.1 Å². The lowest BCUT2D eigenvalue weighted by Crippen LogP contribution is -2.37. The van der Waals surface area contributed by atoms with Crippen molar-refractivity contribution in [3.05, 3.63) is 53.2 Å². The van der Waals surface area contributed by atoms with Gasteiger partial charge in [-0.3, -0.25) is 0 Å². The minimum absolute atomic E-state index is 0.0991. The van der Waals surface area contributed by atoms with Crippen molar-refractivity contribution in [2.75, 3.05) is 18.0 Å². The van der Waals surface area contributed by atoms with E-state index in [1.807, 2.05) is 45.0 Å². The van der Waals surface area contributed by atoms with E-state index in [4.69, 9.17) is 0 Å². The number of aryl methyl sites for hydroxylation is 3. The van der Waals surface area contributed by atoms with E-state index in [9.17, 15) is 8.42 Å². The van der Waals surface area contributed by atoms with Gasteiger partial charge in [0.1, 0.15) is 5.82 Å². The highest BCUT2D eigenvalue weighted by Gasteiger charge is 2.28. The molecule has 0 aliphatic carbocycles. The molecular formula is C18H23N3O2S. The normalized spacial score (nSPS) is 18.1. The first-order chi connectivity index (χ1) is 11.4. The fourth-order valence-electron chi connectivity index (χ4n) is 3.11. The largest absolute Gasteiger partial charge is 0.355 e. The quantitative estimate of drug-likeness (QED) is 0.925. The number of nitrogens with one attached hydrogen (secondary N) is 1. The molecule has 0 bridgehead atoms. The number of anilines is 1. The van der Waals surface area contributed by atoms with E-state index in [0.29, 0.717) is 11.4 Å². The van der Waals surface area contributed by atoms with Gasteiger partial charge in [-0.05, 0) is 62.1 Å². The molecule has 2 aromatic rings. The van der Waals surface area contributed by atoms with Crippen molar-refractivity contribution < 1.29 is 8.42 Å². The molecule has 1 unspecified atom stereocenters. The summed E-state index contributed by atoms with van der Waals surface area (Å²) in [6.07, 6.45) is 2.53. The van der Waals surface area contributed by atoms with Gasteiger partial charge in [0.15, 0.2) is 0 Å². The van der Waals surface area contributed by atoms with Gasteiger partial charge in [-0.15, -0.1) is 0 Å². The van der Waals surface area contributed by atoms with Crippen molar-refractivity contribution in [2.45, 2.75) is 38.1 Å². The lowest BCUT2D eigenvalue weighted by atomic mass is 10.1. The van der Waals surface area contributed by atoms with Crippen molar-refractivity contribution in [3.8, 4) is 0 Å². The summed E-state index contributed by atoms with van der Waals surface area (Å²) in [4.78, 5) is 6.82. The highest BCUT2D eigenvalue weighted by atomic mass is 32.2. The van der Waals surface area contributed by atoms with Gasteiger partial charge in [0, 0.05) is 25.3 Å². The van der Waals surface area contributed by atoms with E-state index in [1.54, 1.807) is 12.3 Å². The van der Waals surface area contributed by atoms with Crippen LogP contribution >= 0.6 is 0 Å². The molecule has 0 amide bonds. The summed E-state index contributed by atoms with van der Waals surface area (Å²) in [6, 6.07) is 9.36. The monoisotopic (exact) mass is 345 g/mol. The third-order valence-electron chi connectivity index (χ3n) is 4.56. The second-order valence-electron chi connectivity index (χ2n) is 6.44. The van der Waals surface area contributed by atoms with Crippen LogP contribution in [0.5, 0.6) is 0 Å². The van der Waals surface area contributed by atoms with Gasteiger partial charge in [-0.25, -0.2) is 18.1 Å². The molecule has 1 aromatic carbocycles. The van der Waals surface area contributed by atoms with E-state index < -0.39 is 10.0 Å². The third kappa shape index (κ3) is 3.44. The summed E-state index contributed by atoms with van der Waals surface area (Å²) < 4.78 is 28.4. The molecule has 1 aromatic heterocycles. The maximum atomic E-state index is 12.8. The molecule has 24 heavy (non-hydrogen) atoms. The first-order valence-corrected chi connectivity index (χ1v) is 9.61. The number of rotatable bonds is 4. The molecule has 0 radical (unpaired) electrons. The number of nitrogens with zero attached hydrogens (tertiary/aromatic N) is 2. The van der Waals surface area contributed by atoms with Crippen LogP contribution in [-0.4, -0.2) is 32.5 Å². The number of hydrogen-bond donors (Lipinski definition) is 1. The Hall–Kier alpha value is -1.92. The Balaban J connectivity index is 1.75. The topological polar surface area (TPSA) is 62.3 Å². The van der Waals surface area contributed by atoms with Crippen LogP contribution in [0, 0.1) is 20.8 Å². The van der Waals surface area contributed by atoms with Crippen LogP contribution < -0.4 is 9.62 Å². The zero-order chi connectivity index (χ0) is 17.3. The Morgan fingerprint density at radius 1 is 1.12 bits per heavy atom. The Labute approximate surface area is 143 Å². The summed E-state index contributed by atoms with van der Waals surface area (Å²) in [5.74, 6) is 0.890. The van der Waals surface area contributed by atoms with E-state index in [0.717, 1.165) is 35.5 Å². The number of pyridine rings is 1. The van der Waals surface area contributed by atoms with Crippen molar-refractivity contribution in [1.29, 1.82) is 0 Å². The van der Waals surface area contributed by atoms with Crippen LogP contribution in [0.25, 0.3) is 0 Å². The highest BCUT2D eigenvalue weighted by Crippen LogP contribution is 2.22. The maximum absolute atomic E-state index is 12.8. The van der Waals surface area contributed by atoms with E-state index >= 15 is 0 Å². The van der Waals surface area contributed by atoms with Gasteiger partial charge in [-0.2, -0.15) is 0 Å². The molecule has 1 N–H and O–H groups in total.